The molecule has 54 valence electrons. The first-order valence-corrected chi connectivity index (χ1v) is 5.00. The fourth-order valence-electron chi connectivity index (χ4n) is 0.490. The maximum absolute atomic E-state index is 4.05. The van der Waals surface area contributed by atoms with Crippen LogP contribution < -0.4 is 0 Å². The van der Waals surface area contributed by atoms with Crippen LogP contribution in [0.1, 0.15) is 0 Å². The smallest absolute Gasteiger partial charge is 0.187 e. The van der Waals surface area contributed by atoms with Crippen molar-refractivity contribution in [2.75, 3.05) is 11.1 Å². The molecule has 4 heteroatoms. The van der Waals surface area contributed by atoms with Crippen molar-refractivity contribution in [3.63, 3.8) is 0 Å². The lowest BCUT2D eigenvalue weighted by molar-refractivity contribution is 0.968. The Balaban J connectivity index is 2.43. The van der Waals surface area contributed by atoms with Crippen molar-refractivity contribution < 1.29 is 0 Å². The molecule has 0 aliphatic rings. The molecule has 0 spiro atoms. The molecule has 10 heavy (non-hydrogen) atoms. The van der Waals surface area contributed by atoms with Gasteiger partial charge in [0.1, 0.15) is 0 Å². The topological polar surface area (TPSA) is 25.8 Å². The monoisotopic (exact) mass is 218 g/mol. The molecule has 0 fully saturated rings. The third-order valence-electron chi connectivity index (χ3n) is 0.850. The Morgan fingerprint density at radius 2 is 2.10 bits per heavy atom. The minimum atomic E-state index is 0.849. The number of thioether (sulfide) groups is 1. The summed E-state index contributed by atoms with van der Waals surface area (Å²) in [5.41, 5.74) is 0. The zero-order valence-electron chi connectivity index (χ0n) is 5.33. The van der Waals surface area contributed by atoms with Crippen LogP contribution in [-0.4, -0.2) is 21.1 Å². The lowest BCUT2D eigenvalue weighted by Crippen LogP contribution is -1.85. The van der Waals surface area contributed by atoms with Crippen LogP contribution in [0.3, 0.4) is 0 Å². The highest BCUT2D eigenvalue weighted by molar-refractivity contribution is 9.09. The van der Waals surface area contributed by atoms with Crippen molar-refractivity contribution in [1.29, 1.82) is 0 Å². The van der Waals surface area contributed by atoms with E-state index in [0.717, 1.165) is 16.2 Å². The molecule has 0 atom stereocenters. The normalized spacial score (nSPS) is 9.70. The SMILES string of the molecule is BrCCSc1ncccn1. The molecule has 0 saturated heterocycles. The second-order valence-electron chi connectivity index (χ2n) is 1.57. The lowest BCUT2D eigenvalue weighted by atomic mass is 10.7. The Bertz CT molecular complexity index is 180. The van der Waals surface area contributed by atoms with Gasteiger partial charge in [0.15, 0.2) is 5.16 Å². The molecule has 1 aromatic heterocycles. The van der Waals surface area contributed by atoms with E-state index in [-0.39, 0.29) is 0 Å². The molecule has 0 amide bonds. The number of rotatable bonds is 3. The summed E-state index contributed by atoms with van der Waals surface area (Å²) in [4.78, 5) is 8.09. The van der Waals surface area contributed by atoms with E-state index in [1.807, 2.05) is 6.07 Å². The van der Waals surface area contributed by atoms with Crippen molar-refractivity contribution in [2.24, 2.45) is 0 Å². The summed E-state index contributed by atoms with van der Waals surface area (Å²) in [5.74, 6) is 1.02. The van der Waals surface area contributed by atoms with E-state index in [0.29, 0.717) is 0 Å². The van der Waals surface area contributed by atoms with Gasteiger partial charge in [-0.2, -0.15) is 0 Å². The van der Waals surface area contributed by atoms with Crippen LogP contribution in [0.4, 0.5) is 0 Å². The largest absolute Gasteiger partial charge is 0.231 e. The first-order chi connectivity index (χ1) is 4.93. The number of nitrogens with zero attached hydrogens (tertiary/aromatic N) is 2. The number of hydrogen-bond donors (Lipinski definition) is 0. The number of halogens is 1. The molecule has 0 unspecified atom stereocenters. The van der Waals surface area contributed by atoms with Crippen LogP contribution in [0.5, 0.6) is 0 Å². The van der Waals surface area contributed by atoms with E-state index >= 15 is 0 Å². The summed E-state index contributed by atoms with van der Waals surface area (Å²) in [6.07, 6.45) is 3.51. The minimum absolute atomic E-state index is 0.849. The number of aromatic nitrogens is 2. The summed E-state index contributed by atoms with van der Waals surface area (Å²) >= 11 is 4.98. The van der Waals surface area contributed by atoms with Gasteiger partial charge in [0.05, 0.1) is 0 Å². The molecule has 0 aliphatic heterocycles. The van der Waals surface area contributed by atoms with Crippen LogP contribution >= 0.6 is 27.7 Å². The van der Waals surface area contributed by atoms with Gasteiger partial charge in [-0.25, -0.2) is 9.97 Å². The highest BCUT2D eigenvalue weighted by atomic mass is 79.9. The van der Waals surface area contributed by atoms with Crippen molar-refractivity contribution in [1.82, 2.24) is 9.97 Å². The van der Waals surface area contributed by atoms with Crippen LogP contribution in [0.25, 0.3) is 0 Å². The molecule has 1 rings (SSSR count). The van der Waals surface area contributed by atoms with E-state index in [9.17, 15) is 0 Å². The van der Waals surface area contributed by atoms with Crippen molar-refractivity contribution >= 4 is 27.7 Å². The van der Waals surface area contributed by atoms with E-state index in [1.54, 1.807) is 24.2 Å². The van der Waals surface area contributed by atoms with E-state index in [4.69, 9.17) is 0 Å². The Morgan fingerprint density at radius 1 is 1.40 bits per heavy atom. The van der Waals surface area contributed by atoms with E-state index in [2.05, 4.69) is 25.9 Å². The molecule has 1 heterocycles. The Kier molecular flexibility index (Phi) is 3.75. The Morgan fingerprint density at radius 3 is 2.70 bits per heavy atom. The van der Waals surface area contributed by atoms with Crippen LogP contribution in [0.15, 0.2) is 23.6 Å². The molecule has 0 aromatic carbocycles. The minimum Gasteiger partial charge on any atom is -0.231 e. The Hall–Kier alpha value is -0.0900. The van der Waals surface area contributed by atoms with Gasteiger partial charge >= 0.3 is 0 Å². The standard InChI is InChI=1S/C6H7BrN2S/c7-2-5-10-6-8-3-1-4-9-6/h1,3-4H,2,5H2. The predicted molar refractivity (Wildman–Crippen MR) is 46.6 cm³/mol. The van der Waals surface area contributed by atoms with Crippen molar-refractivity contribution in [2.45, 2.75) is 5.16 Å². The first kappa shape index (κ1) is 8.01. The summed E-state index contributed by atoms with van der Waals surface area (Å²) in [7, 11) is 0. The predicted octanol–water partition coefficient (Wildman–Crippen LogP) is 1.96. The zero-order chi connectivity index (χ0) is 7.23. The van der Waals surface area contributed by atoms with Gasteiger partial charge in [0.2, 0.25) is 0 Å². The molecule has 0 radical (unpaired) electrons. The third kappa shape index (κ3) is 2.66. The van der Waals surface area contributed by atoms with Gasteiger partial charge in [-0.3, -0.25) is 0 Å². The van der Waals surface area contributed by atoms with Gasteiger partial charge in [-0.15, -0.1) is 0 Å². The molecule has 1 aromatic rings. The number of hydrogen-bond acceptors (Lipinski definition) is 3. The van der Waals surface area contributed by atoms with Crippen molar-refractivity contribution in [3.05, 3.63) is 18.5 Å². The third-order valence-corrected chi connectivity index (χ3v) is 2.65. The maximum Gasteiger partial charge on any atom is 0.187 e. The van der Waals surface area contributed by atoms with Crippen LogP contribution in [-0.2, 0) is 0 Å². The van der Waals surface area contributed by atoms with Crippen LogP contribution in [0.2, 0.25) is 0 Å². The molecule has 0 aliphatic carbocycles. The second-order valence-corrected chi connectivity index (χ2v) is 3.42. The van der Waals surface area contributed by atoms with E-state index < -0.39 is 0 Å². The summed E-state index contributed by atoms with van der Waals surface area (Å²) < 4.78 is 0. The molecule has 0 bridgehead atoms. The molecular weight excluding hydrogens is 212 g/mol. The second kappa shape index (κ2) is 4.68. The first-order valence-electron chi connectivity index (χ1n) is 2.89. The lowest BCUT2D eigenvalue weighted by Gasteiger charge is -1.93. The quantitative estimate of drug-likeness (QED) is 0.441. The molecule has 2 nitrogen and oxygen atoms in total. The Labute approximate surface area is 72.6 Å². The van der Waals surface area contributed by atoms with E-state index in [1.165, 1.54) is 0 Å². The van der Waals surface area contributed by atoms with Gasteiger partial charge < -0.3 is 0 Å². The van der Waals surface area contributed by atoms with Gasteiger partial charge in [0.25, 0.3) is 0 Å². The summed E-state index contributed by atoms with van der Waals surface area (Å²) in [5, 5.41) is 1.83. The fourth-order valence-corrected chi connectivity index (χ4v) is 1.51. The molecule has 0 N–H and O–H groups in total. The average Bonchev–Trinajstić information content (AvgIpc) is 2.03. The van der Waals surface area contributed by atoms with Gasteiger partial charge in [-0.05, 0) is 6.07 Å². The highest BCUT2D eigenvalue weighted by Crippen LogP contribution is 2.10. The summed E-state index contributed by atoms with van der Waals surface area (Å²) in [6, 6.07) is 1.82. The van der Waals surface area contributed by atoms with Crippen LogP contribution in [0, 0.1) is 0 Å². The molecule has 0 saturated carbocycles. The van der Waals surface area contributed by atoms with Crippen molar-refractivity contribution in [3.8, 4) is 0 Å². The molecular formula is C6H7BrN2S. The highest BCUT2D eigenvalue weighted by Gasteiger charge is 1.91. The number of alkyl halides is 1. The average molecular weight is 219 g/mol. The van der Waals surface area contributed by atoms with Gasteiger partial charge in [-0.1, -0.05) is 27.7 Å². The summed E-state index contributed by atoms with van der Waals surface area (Å²) in [6.45, 7) is 0. The zero-order valence-corrected chi connectivity index (χ0v) is 7.73. The maximum atomic E-state index is 4.05. The fraction of sp³-hybridized carbons (Fsp3) is 0.333. The van der Waals surface area contributed by atoms with Gasteiger partial charge in [0, 0.05) is 23.5 Å².